The highest BCUT2D eigenvalue weighted by Gasteiger charge is 2.35. The quantitative estimate of drug-likeness (QED) is 0.735. The van der Waals surface area contributed by atoms with Crippen LogP contribution in [0.2, 0.25) is 0 Å². The number of piperidine rings is 1. The van der Waals surface area contributed by atoms with E-state index < -0.39 is 0 Å². The lowest BCUT2D eigenvalue weighted by Crippen LogP contribution is -2.46. The van der Waals surface area contributed by atoms with Crippen LogP contribution in [0.1, 0.15) is 58.6 Å². The van der Waals surface area contributed by atoms with Crippen LogP contribution in [0.3, 0.4) is 0 Å². The predicted molar refractivity (Wildman–Crippen MR) is 127 cm³/mol. The number of rotatable bonds is 5. The van der Waals surface area contributed by atoms with Gasteiger partial charge in [-0.1, -0.05) is 29.8 Å². The number of benzene rings is 1. The van der Waals surface area contributed by atoms with Crippen LogP contribution < -0.4 is 5.32 Å². The summed E-state index contributed by atoms with van der Waals surface area (Å²) in [5, 5.41) is 7.65. The highest BCUT2D eigenvalue weighted by Crippen LogP contribution is 2.27. The first-order chi connectivity index (χ1) is 16.4. The summed E-state index contributed by atoms with van der Waals surface area (Å²) in [5.41, 5.74) is 4.45. The second-order valence-corrected chi connectivity index (χ2v) is 10.00. The number of nitrogens with zero attached hydrogens (tertiary/aromatic N) is 4. The highest BCUT2D eigenvalue weighted by atomic mass is 16.2. The van der Waals surface area contributed by atoms with Crippen molar-refractivity contribution in [2.45, 2.75) is 58.0 Å². The molecule has 2 fully saturated rings. The molecule has 1 aromatic heterocycles. The summed E-state index contributed by atoms with van der Waals surface area (Å²) >= 11 is 0. The van der Waals surface area contributed by atoms with Gasteiger partial charge in [-0.2, -0.15) is 5.10 Å². The Labute approximate surface area is 200 Å². The SMILES string of the molecule is Cc1ccc(CC(=O)N2CCc3c(c(C(=O)N4CCCC(C(=O)NC5CC5)C4)nn3C)C2)cc1. The van der Waals surface area contributed by atoms with Gasteiger partial charge in [-0.15, -0.1) is 0 Å². The summed E-state index contributed by atoms with van der Waals surface area (Å²) in [5.74, 6) is -0.165. The van der Waals surface area contributed by atoms with Crippen molar-refractivity contribution in [1.82, 2.24) is 24.9 Å². The molecule has 3 amide bonds. The van der Waals surface area contributed by atoms with E-state index in [0.29, 0.717) is 50.8 Å². The number of amides is 3. The first-order valence-electron chi connectivity index (χ1n) is 12.4. The first kappa shape index (κ1) is 22.6. The molecule has 34 heavy (non-hydrogen) atoms. The van der Waals surface area contributed by atoms with Crippen LogP contribution >= 0.6 is 0 Å². The van der Waals surface area contributed by atoms with Gasteiger partial charge in [-0.05, 0) is 38.2 Å². The van der Waals surface area contributed by atoms with Gasteiger partial charge in [0.15, 0.2) is 5.69 Å². The topological polar surface area (TPSA) is 87.5 Å². The first-order valence-corrected chi connectivity index (χ1v) is 12.4. The van der Waals surface area contributed by atoms with Gasteiger partial charge in [0.1, 0.15) is 0 Å². The van der Waals surface area contributed by atoms with Crippen molar-refractivity contribution < 1.29 is 14.4 Å². The Balaban J connectivity index is 1.28. The molecular formula is C26H33N5O3. The Kier molecular flexibility index (Phi) is 6.15. The Bertz CT molecular complexity index is 1100. The van der Waals surface area contributed by atoms with Crippen LogP contribution in [0.15, 0.2) is 24.3 Å². The molecule has 5 rings (SSSR count). The minimum Gasteiger partial charge on any atom is -0.353 e. The number of hydrogen-bond acceptors (Lipinski definition) is 4. The molecule has 1 saturated heterocycles. The Morgan fingerprint density at radius 2 is 1.82 bits per heavy atom. The molecule has 0 spiro atoms. The number of fused-ring (bicyclic) bond motifs is 1. The summed E-state index contributed by atoms with van der Waals surface area (Å²) in [6.07, 6.45) is 4.76. The van der Waals surface area contributed by atoms with Crippen LogP contribution in [-0.2, 0) is 36.0 Å². The fourth-order valence-electron chi connectivity index (χ4n) is 5.04. The van der Waals surface area contributed by atoms with Crippen LogP contribution in [0.25, 0.3) is 0 Å². The van der Waals surface area contributed by atoms with E-state index in [4.69, 9.17) is 0 Å². The number of hydrogen-bond donors (Lipinski definition) is 1. The third-order valence-electron chi connectivity index (χ3n) is 7.28. The minimum absolute atomic E-state index is 0.0616. The third-order valence-corrected chi connectivity index (χ3v) is 7.28. The van der Waals surface area contributed by atoms with Gasteiger partial charge in [0.05, 0.1) is 12.3 Å². The molecule has 0 radical (unpaired) electrons. The number of aryl methyl sites for hydroxylation is 2. The molecular weight excluding hydrogens is 430 g/mol. The van der Waals surface area contributed by atoms with Gasteiger partial charge < -0.3 is 15.1 Å². The van der Waals surface area contributed by atoms with Gasteiger partial charge >= 0.3 is 0 Å². The van der Waals surface area contributed by atoms with Crippen molar-refractivity contribution in [3.8, 4) is 0 Å². The van der Waals surface area contributed by atoms with Crippen molar-refractivity contribution >= 4 is 17.7 Å². The number of carbonyl (C=O) groups is 3. The molecule has 3 aliphatic rings. The number of aromatic nitrogens is 2. The molecule has 2 aliphatic heterocycles. The molecule has 8 nitrogen and oxygen atoms in total. The van der Waals surface area contributed by atoms with E-state index in [1.54, 1.807) is 9.58 Å². The molecule has 1 N–H and O–H groups in total. The van der Waals surface area contributed by atoms with E-state index in [1.807, 2.05) is 43.1 Å². The fourth-order valence-corrected chi connectivity index (χ4v) is 5.04. The summed E-state index contributed by atoms with van der Waals surface area (Å²) in [6.45, 7) is 4.11. The van der Waals surface area contributed by atoms with Crippen LogP contribution in [0.5, 0.6) is 0 Å². The van der Waals surface area contributed by atoms with Gasteiger partial charge in [-0.25, -0.2) is 0 Å². The smallest absolute Gasteiger partial charge is 0.274 e. The number of likely N-dealkylation sites (tertiary alicyclic amines) is 1. The zero-order chi connectivity index (χ0) is 23.8. The molecule has 3 heterocycles. The average molecular weight is 464 g/mol. The van der Waals surface area contributed by atoms with E-state index in [9.17, 15) is 14.4 Å². The lowest BCUT2D eigenvalue weighted by Gasteiger charge is -2.32. The lowest BCUT2D eigenvalue weighted by molar-refractivity contribution is -0.131. The normalized spacial score (nSPS) is 20.1. The van der Waals surface area contributed by atoms with E-state index >= 15 is 0 Å². The Hall–Kier alpha value is -3.16. The van der Waals surface area contributed by atoms with Gasteiger partial charge in [0.25, 0.3) is 5.91 Å². The molecule has 1 aromatic carbocycles. The average Bonchev–Trinajstić information content (AvgIpc) is 3.60. The zero-order valence-corrected chi connectivity index (χ0v) is 20.0. The van der Waals surface area contributed by atoms with Gasteiger partial charge in [0.2, 0.25) is 11.8 Å². The maximum absolute atomic E-state index is 13.5. The van der Waals surface area contributed by atoms with Crippen LogP contribution in [0.4, 0.5) is 0 Å². The molecule has 1 unspecified atom stereocenters. The lowest BCUT2D eigenvalue weighted by atomic mass is 9.96. The molecule has 8 heteroatoms. The molecule has 180 valence electrons. The van der Waals surface area contributed by atoms with E-state index in [0.717, 1.165) is 42.5 Å². The van der Waals surface area contributed by atoms with E-state index in [-0.39, 0.29) is 23.6 Å². The Morgan fingerprint density at radius 1 is 1.06 bits per heavy atom. The summed E-state index contributed by atoms with van der Waals surface area (Å²) in [6, 6.07) is 8.35. The third kappa shape index (κ3) is 4.72. The molecule has 1 atom stereocenters. The molecule has 2 aromatic rings. The van der Waals surface area contributed by atoms with Crippen molar-refractivity contribution in [3.63, 3.8) is 0 Å². The second kappa shape index (κ2) is 9.24. The Morgan fingerprint density at radius 3 is 2.56 bits per heavy atom. The van der Waals surface area contributed by atoms with Gasteiger partial charge in [-0.3, -0.25) is 19.1 Å². The van der Waals surface area contributed by atoms with Crippen molar-refractivity contribution in [3.05, 3.63) is 52.3 Å². The summed E-state index contributed by atoms with van der Waals surface area (Å²) in [7, 11) is 1.86. The standard InChI is InChI=1S/C26H33N5O3/c1-17-5-7-18(8-6-17)14-23(32)30-13-11-22-21(16-30)24(28-29(22)2)26(34)31-12-3-4-19(15-31)25(33)27-20-9-10-20/h5-8,19-20H,3-4,9-16H2,1-2H3,(H,27,33). The van der Waals surface area contributed by atoms with Gasteiger partial charge in [0, 0.05) is 56.9 Å². The number of carbonyl (C=O) groups excluding carboxylic acids is 3. The zero-order valence-electron chi connectivity index (χ0n) is 20.0. The van der Waals surface area contributed by atoms with Crippen molar-refractivity contribution in [2.24, 2.45) is 13.0 Å². The largest absolute Gasteiger partial charge is 0.353 e. The molecule has 0 bridgehead atoms. The van der Waals surface area contributed by atoms with Crippen LogP contribution in [-0.4, -0.2) is 63.0 Å². The van der Waals surface area contributed by atoms with Crippen molar-refractivity contribution in [2.75, 3.05) is 19.6 Å². The predicted octanol–water partition coefficient (Wildman–Crippen LogP) is 1.99. The fraction of sp³-hybridized carbons (Fsp3) is 0.538. The maximum Gasteiger partial charge on any atom is 0.274 e. The summed E-state index contributed by atoms with van der Waals surface area (Å²) < 4.78 is 1.78. The van der Waals surface area contributed by atoms with E-state index in [2.05, 4.69) is 10.4 Å². The second-order valence-electron chi connectivity index (χ2n) is 10.00. The van der Waals surface area contributed by atoms with E-state index in [1.165, 1.54) is 5.56 Å². The number of nitrogens with one attached hydrogen (secondary N) is 1. The minimum atomic E-state index is -0.162. The molecule has 1 saturated carbocycles. The molecule has 1 aliphatic carbocycles. The van der Waals surface area contributed by atoms with Crippen LogP contribution in [0, 0.1) is 12.8 Å². The highest BCUT2D eigenvalue weighted by molar-refractivity contribution is 5.95. The maximum atomic E-state index is 13.5. The monoisotopic (exact) mass is 463 g/mol. The summed E-state index contributed by atoms with van der Waals surface area (Å²) in [4.78, 5) is 42.7. The van der Waals surface area contributed by atoms with Crippen molar-refractivity contribution in [1.29, 1.82) is 0 Å².